The van der Waals surface area contributed by atoms with Crippen molar-refractivity contribution in [3.05, 3.63) is 21.9 Å². The Kier molecular flexibility index (Phi) is 6.21. The van der Waals surface area contributed by atoms with E-state index >= 15 is 0 Å². The molecule has 2 nitrogen and oxygen atoms in total. The third-order valence-corrected chi connectivity index (χ3v) is 2.38. The first-order valence-electron chi connectivity index (χ1n) is 4.97. The van der Waals surface area contributed by atoms with Crippen molar-refractivity contribution < 1.29 is 4.79 Å². The van der Waals surface area contributed by atoms with E-state index in [0.29, 0.717) is 0 Å². The topological polar surface area (TPSA) is 29.1 Å². The maximum atomic E-state index is 11.4. The molecule has 1 heterocycles. The van der Waals surface area contributed by atoms with E-state index in [0.717, 1.165) is 4.88 Å². The van der Waals surface area contributed by atoms with Crippen LogP contribution in [-0.4, -0.2) is 11.9 Å². The number of carbonyl (C=O) groups is 1. The lowest BCUT2D eigenvalue weighted by Gasteiger charge is -2.05. The highest BCUT2D eigenvalue weighted by Crippen LogP contribution is 2.14. The van der Waals surface area contributed by atoms with Gasteiger partial charge in [0, 0.05) is 10.9 Å². The fourth-order valence-electron chi connectivity index (χ4n) is 0.890. The summed E-state index contributed by atoms with van der Waals surface area (Å²) in [6.07, 6.45) is 0. The molecular formula is C11H19NOS. The zero-order valence-electron chi connectivity index (χ0n) is 9.55. The minimum Gasteiger partial charge on any atom is -0.349 e. The molecule has 0 fully saturated rings. The number of carbonyl (C=O) groups excluding carboxylic acids is 1. The van der Waals surface area contributed by atoms with Crippen molar-refractivity contribution in [2.45, 2.75) is 40.7 Å². The van der Waals surface area contributed by atoms with Crippen LogP contribution in [0.1, 0.15) is 42.2 Å². The highest BCUT2D eigenvalue weighted by atomic mass is 32.1. The van der Waals surface area contributed by atoms with Gasteiger partial charge in [-0.1, -0.05) is 13.8 Å². The van der Waals surface area contributed by atoms with Gasteiger partial charge in [-0.15, -0.1) is 11.3 Å². The molecule has 0 aliphatic carbocycles. The maximum Gasteiger partial charge on any atom is 0.261 e. The Morgan fingerprint density at radius 1 is 1.36 bits per heavy atom. The van der Waals surface area contributed by atoms with Gasteiger partial charge in [-0.25, -0.2) is 0 Å². The van der Waals surface area contributed by atoms with Gasteiger partial charge in [-0.05, 0) is 32.9 Å². The van der Waals surface area contributed by atoms with Crippen molar-refractivity contribution in [3.63, 3.8) is 0 Å². The van der Waals surface area contributed by atoms with Crippen molar-refractivity contribution >= 4 is 17.2 Å². The first kappa shape index (κ1) is 13.2. The summed E-state index contributed by atoms with van der Waals surface area (Å²) in [6, 6.07) is 4.03. The number of amides is 1. The molecule has 0 bridgehead atoms. The molecule has 1 N–H and O–H groups in total. The minimum absolute atomic E-state index is 0.0306. The third-order valence-electron chi connectivity index (χ3n) is 1.38. The molecule has 0 aromatic carbocycles. The molecule has 0 aliphatic rings. The summed E-state index contributed by atoms with van der Waals surface area (Å²) >= 11 is 1.53. The van der Waals surface area contributed by atoms with Crippen LogP contribution in [0.25, 0.3) is 0 Å². The van der Waals surface area contributed by atoms with Gasteiger partial charge in [0.25, 0.3) is 5.91 Å². The molecular weight excluding hydrogens is 194 g/mol. The first-order valence-corrected chi connectivity index (χ1v) is 5.78. The fourth-order valence-corrected chi connectivity index (χ4v) is 1.66. The molecule has 0 spiro atoms. The summed E-state index contributed by atoms with van der Waals surface area (Å²) in [5.41, 5.74) is 0. The molecule has 0 atom stereocenters. The average Bonchev–Trinajstić information content (AvgIpc) is 2.54. The Morgan fingerprint density at radius 2 is 1.93 bits per heavy atom. The van der Waals surface area contributed by atoms with Gasteiger partial charge in [-0.3, -0.25) is 4.79 Å². The second kappa shape index (κ2) is 6.60. The van der Waals surface area contributed by atoms with Crippen molar-refractivity contribution in [3.8, 4) is 0 Å². The van der Waals surface area contributed by atoms with E-state index in [9.17, 15) is 4.79 Å². The fraction of sp³-hybridized carbons (Fsp3) is 0.545. The van der Waals surface area contributed by atoms with Crippen LogP contribution in [-0.2, 0) is 0 Å². The first-order chi connectivity index (χ1) is 6.59. The monoisotopic (exact) mass is 213 g/mol. The average molecular weight is 213 g/mol. The standard InChI is InChI=1S/C9H13NOS.C2H6/c1-6(2)10-9(11)8-5-4-7(3)12-8;1-2/h4-6H,1-3H3,(H,10,11);1-2H3. The van der Waals surface area contributed by atoms with Gasteiger partial charge in [-0.2, -0.15) is 0 Å². The van der Waals surface area contributed by atoms with E-state index in [-0.39, 0.29) is 11.9 Å². The van der Waals surface area contributed by atoms with Crippen molar-refractivity contribution in [2.75, 3.05) is 0 Å². The summed E-state index contributed by atoms with van der Waals surface area (Å²) < 4.78 is 0. The Hall–Kier alpha value is -0.830. The molecule has 3 heteroatoms. The van der Waals surface area contributed by atoms with Crippen molar-refractivity contribution in [2.24, 2.45) is 0 Å². The van der Waals surface area contributed by atoms with Gasteiger partial charge in [0.15, 0.2) is 0 Å². The number of hydrogen-bond donors (Lipinski definition) is 1. The minimum atomic E-state index is 0.0306. The predicted octanol–water partition coefficient (Wildman–Crippen LogP) is 3.22. The van der Waals surface area contributed by atoms with Crippen LogP contribution in [0, 0.1) is 6.92 Å². The largest absolute Gasteiger partial charge is 0.349 e. The number of aryl methyl sites for hydroxylation is 1. The van der Waals surface area contributed by atoms with Crippen LogP contribution in [0.4, 0.5) is 0 Å². The summed E-state index contributed by atoms with van der Waals surface area (Å²) in [7, 11) is 0. The molecule has 1 aromatic heterocycles. The maximum absolute atomic E-state index is 11.4. The molecule has 0 saturated carbocycles. The Morgan fingerprint density at radius 3 is 2.29 bits per heavy atom. The number of thiophene rings is 1. The molecule has 1 rings (SSSR count). The smallest absolute Gasteiger partial charge is 0.261 e. The summed E-state index contributed by atoms with van der Waals surface area (Å²) in [6.45, 7) is 9.91. The molecule has 80 valence electrons. The van der Waals surface area contributed by atoms with Crippen LogP contribution >= 0.6 is 11.3 Å². The Labute approximate surface area is 90.3 Å². The van der Waals surface area contributed by atoms with Crippen LogP contribution in [0.2, 0.25) is 0 Å². The normalized spacial score (nSPS) is 9.29. The quantitative estimate of drug-likeness (QED) is 0.803. The van der Waals surface area contributed by atoms with E-state index in [4.69, 9.17) is 0 Å². The molecule has 14 heavy (non-hydrogen) atoms. The van der Waals surface area contributed by atoms with E-state index in [1.54, 1.807) is 0 Å². The van der Waals surface area contributed by atoms with E-state index in [2.05, 4.69) is 5.32 Å². The van der Waals surface area contributed by atoms with E-state index in [1.165, 1.54) is 16.2 Å². The van der Waals surface area contributed by atoms with Crippen LogP contribution in [0.15, 0.2) is 12.1 Å². The van der Waals surface area contributed by atoms with Crippen molar-refractivity contribution in [1.29, 1.82) is 0 Å². The number of hydrogen-bond acceptors (Lipinski definition) is 2. The lowest BCUT2D eigenvalue weighted by atomic mass is 10.3. The molecule has 0 saturated heterocycles. The molecule has 0 unspecified atom stereocenters. The molecule has 1 aromatic rings. The Bertz CT molecular complexity index is 279. The van der Waals surface area contributed by atoms with E-state index < -0.39 is 0 Å². The number of nitrogens with one attached hydrogen (secondary N) is 1. The second-order valence-corrected chi connectivity index (χ2v) is 4.33. The lowest BCUT2D eigenvalue weighted by Crippen LogP contribution is -2.29. The highest BCUT2D eigenvalue weighted by molar-refractivity contribution is 7.13. The van der Waals surface area contributed by atoms with Crippen molar-refractivity contribution in [1.82, 2.24) is 5.32 Å². The van der Waals surface area contributed by atoms with Crippen LogP contribution in [0.3, 0.4) is 0 Å². The lowest BCUT2D eigenvalue weighted by molar-refractivity contribution is 0.0947. The molecule has 0 radical (unpaired) electrons. The zero-order chi connectivity index (χ0) is 11.1. The zero-order valence-corrected chi connectivity index (χ0v) is 10.4. The van der Waals surface area contributed by atoms with Gasteiger partial charge in [0.2, 0.25) is 0 Å². The SMILES string of the molecule is CC.Cc1ccc(C(=O)NC(C)C)s1. The van der Waals surface area contributed by atoms with Gasteiger partial charge < -0.3 is 5.32 Å². The molecule has 0 aliphatic heterocycles. The molecule has 1 amide bonds. The predicted molar refractivity (Wildman–Crippen MR) is 63.0 cm³/mol. The third kappa shape index (κ3) is 4.42. The van der Waals surface area contributed by atoms with Crippen LogP contribution in [0.5, 0.6) is 0 Å². The highest BCUT2D eigenvalue weighted by Gasteiger charge is 2.07. The summed E-state index contributed by atoms with van der Waals surface area (Å²) in [4.78, 5) is 13.3. The second-order valence-electron chi connectivity index (χ2n) is 3.04. The summed E-state index contributed by atoms with van der Waals surface area (Å²) in [5.74, 6) is 0.0306. The summed E-state index contributed by atoms with van der Waals surface area (Å²) in [5, 5.41) is 2.84. The van der Waals surface area contributed by atoms with Gasteiger partial charge in [0.05, 0.1) is 4.88 Å². The van der Waals surface area contributed by atoms with Gasteiger partial charge >= 0.3 is 0 Å². The van der Waals surface area contributed by atoms with E-state index in [1.807, 2.05) is 46.8 Å². The van der Waals surface area contributed by atoms with Crippen LogP contribution < -0.4 is 5.32 Å². The number of rotatable bonds is 2. The Balaban J connectivity index is 0.000000791. The van der Waals surface area contributed by atoms with Gasteiger partial charge in [0.1, 0.15) is 0 Å².